The summed E-state index contributed by atoms with van der Waals surface area (Å²) in [5.41, 5.74) is -3.86. The second-order valence-corrected chi connectivity index (χ2v) is 20.6. The molecule has 0 fully saturated rings. The minimum absolute atomic E-state index is 0.0644. The van der Waals surface area contributed by atoms with E-state index in [-0.39, 0.29) is 34.0 Å². The van der Waals surface area contributed by atoms with E-state index in [1.54, 1.807) is 21.7 Å². The first kappa shape index (κ1) is 59.7. The summed E-state index contributed by atoms with van der Waals surface area (Å²) in [7, 11) is 0. The molecule has 0 aromatic carbocycles. The fraction of sp³-hybridized carbons (Fsp3) is 0.875. The van der Waals surface area contributed by atoms with Crippen LogP contribution in [0.4, 0.5) is 0 Å². The number of aliphatic carboxylic acids is 2. The Hall–Kier alpha value is -1.58. The Morgan fingerprint density at radius 1 is 0.333 bits per heavy atom. The average Bonchev–Trinajstić information content (AvgIpc) is 3.15. The molecule has 9 heteroatoms. The van der Waals surface area contributed by atoms with Gasteiger partial charge < -0.3 is 19.8 Å². The van der Waals surface area contributed by atoms with Gasteiger partial charge in [0.2, 0.25) is 0 Å². The van der Waals surface area contributed by atoms with E-state index in [1.165, 1.54) is 116 Å². The second-order valence-electron chi connectivity index (χ2n) is 16.3. The van der Waals surface area contributed by atoms with Crippen LogP contribution in [0.15, 0.2) is 0 Å². The summed E-state index contributed by atoms with van der Waals surface area (Å²) < 4.78 is 3.31. The van der Waals surface area contributed by atoms with Crippen LogP contribution in [-0.4, -0.2) is 56.2 Å². The Bertz CT molecular complexity index is 887. The first-order chi connectivity index (χ1) is 27.2. The van der Waals surface area contributed by atoms with Crippen LogP contribution in [-0.2, 0) is 28.8 Å². The number of carbonyl (C=O) groups is 6. The fourth-order valence-electron chi connectivity index (χ4n) is 7.21. The second kappa shape index (κ2) is 41.2. The molecule has 0 rings (SSSR count). The van der Waals surface area contributed by atoms with Crippen LogP contribution in [0, 0.1) is 10.8 Å². The Morgan fingerprint density at radius 3 is 0.719 bits per heavy atom. The number of Topliss-reactive ketones (excluding diaryl/α,β-unsaturated/α-hetero) is 4. The van der Waals surface area contributed by atoms with Gasteiger partial charge in [0, 0.05) is 0 Å². The molecule has 0 saturated heterocycles. The molecule has 8 nitrogen and oxygen atoms in total. The molecule has 0 atom stereocenters. The number of carbonyl (C=O) groups excluding carboxylic acids is 6. The predicted octanol–water partition coefficient (Wildman–Crippen LogP) is 11.1. The standard InChI is InChI=1S/2C16H28O4.2C8H17.Sn/c2*1-4-5-6-7-8-9-10-11-12-16(13(2)17,14(3)18)15(19)20;2*1-3-5-7-8-6-4-2;/h2*4-12H2,1-3H3,(H,19,20);2*1,3-8H2,2H3;/q;;;;+2/p-2. The first-order valence-electron chi connectivity index (χ1n) is 23.4. The molecule has 0 N–H and O–H groups in total. The molecule has 0 amide bonds. The molecule has 0 aliphatic carbocycles. The maximum atomic E-state index is 11.5. The summed E-state index contributed by atoms with van der Waals surface area (Å²) in [6.45, 7) is 13.6. The van der Waals surface area contributed by atoms with E-state index in [0.717, 1.165) is 66.2 Å². The number of hydrogen-bond donors (Lipinski definition) is 0. The van der Waals surface area contributed by atoms with Crippen molar-refractivity contribution < 1.29 is 39.0 Å². The molecule has 0 aromatic rings. The van der Waals surface area contributed by atoms with Crippen molar-refractivity contribution in [1.82, 2.24) is 0 Å². The topological polar surface area (TPSA) is 149 Å². The summed E-state index contributed by atoms with van der Waals surface area (Å²) in [5, 5.41) is 22.4. The maximum absolute atomic E-state index is 11.5. The fourth-order valence-corrected chi connectivity index (χ4v) is 10.8. The van der Waals surface area contributed by atoms with Gasteiger partial charge in [0.25, 0.3) is 0 Å². The van der Waals surface area contributed by atoms with E-state index in [1.807, 2.05) is 0 Å². The van der Waals surface area contributed by atoms with Crippen LogP contribution >= 0.6 is 0 Å². The van der Waals surface area contributed by atoms with Crippen LogP contribution < -0.4 is 10.2 Å². The number of unbranched alkanes of at least 4 members (excludes halogenated alkanes) is 24. The third kappa shape index (κ3) is 30.2. The zero-order chi connectivity index (χ0) is 43.8. The molecule has 0 aliphatic rings. The van der Waals surface area contributed by atoms with Gasteiger partial charge in [-0.1, -0.05) is 117 Å². The van der Waals surface area contributed by atoms with Crippen molar-refractivity contribution in [3.8, 4) is 0 Å². The molecule has 0 spiro atoms. The van der Waals surface area contributed by atoms with Gasteiger partial charge in [-0.2, -0.15) is 0 Å². The molecule has 0 saturated carbocycles. The summed E-state index contributed by atoms with van der Waals surface area (Å²) in [5.74, 6) is -5.58. The number of rotatable bonds is 38. The van der Waals surface area contributed by atoms with Crippen LogP contribution in [0.5, 0.6) is 0 Å². The zero-order valence-electron chi connectivity index (χ0n) is 38.4. The summed E-state index contributed by atoms with van der Waals surface area (Å²) in [6, 6.07) is 0. The van der Waals surface area contributed by atoms with Gasteiger partial charge in [-0.25, -0.2) is 0 Å². The summed E-state index contributed by atoms with van der Waals surface area (Å²) >= 11 is 0.0736. The van der Waals surface area contributed by atoms with Crippen molar-refractivity contribution in [3.63, 3.8) is 0 Å². The third-order valence-electron chi connectivity index (χ3n) is 11.3. The van der Waals surface area contributed by atoms with E-state index < -0.39 is 45.9 Å². The van der Waals surface area contributed by atoms with Crippen LogP contribution in [0.3, 0.4) is 0 Å². The SMILES string of the molecule is CCCCCCCCCCC(C(C)=O)(C(C)=O)C(=O)[O-].CCCCCCCCCCC(C(C)=O)(C(C)=O)C(=O)[O-].CCCCCCC[CH2][Sn+2][CH2]CCCCCCC. The Labute approximate surface area is 361 Å². The van der Waals surface area contributed by atoms with Gasteiger partial charge in [0.1, 0.15) is 34.0 Å². The predicted molar refractivity (Wildman–Crippen MR) is 234 cm³/mol. The summed E-state index contributed by atoms with van der Waals surface area (Å²) in [4.78, 5) is 68.6. The van der Waals surface area contributed by atoms with Crippen LogP contribution in [0.2, 0.25) is 8.87 Å². The molecule has 0 bridgehead atoms. The van der Waals surface area contributed by atoms with E-state index in [0.29, 0.717) is 12.8 Å². The number of carboxylic acids is 2. The quantitative estimate of drug-likeness (QED) is 0.0338. The molecule has 332 valence electrons. The van der Waals surface area contributed by atoms with E-state index >= 15 is 0 Å². The Kier molecular flexibility index (Phi) is 43.1. The van der Waals surface area contributed by atoms with E-state index in [2.05, 4.69) is 27.7 Å². The number of carboxylic acid groups (broad SMARTS) is 2. The van der Waals surface area contributed by atoms with Crippen LogP contribution in [0.1, 0.15) is 248 Å². The van der Waals surface area contributed by atoms with Gasteiger partial charge >= 0.3 is 121 Å². The summed E-state index contributed by atoms with van der Waals surface area (Å²) in [6.07, 6.45) is 34.9. The molecule has 0 radical (unpaired) electrons. The minimum atomic E-state index is -1.93. The number of hydrogen-bond acceptors (Lipinski definition) is 8. The molecule has 0 unspecified atom stereocenters. The molecule has 0 aromatic heterocycles. The Balaban J connectivity index is -0.000000771. The number of ketones is 4. The molecular weight excluding hydrogens is 823 g/mol. The van der Waals surface area contributed by atoms with E-state index in [9.17, 15) is 39.0 Å². The molecule has 57 heavy (non-hydrogen) atoms. The van der Waals surface area contributed by atoms with Gasteiger partial charge in [-0.3, -0.25) is 19.2 Å². The van der Waals surface area contributed by atoms with Crippen LogP contribution in [0.25, 0.3) is 0 Å². The van der Waals surface area contributed by atoms with Crippen molar-refractivity contribution in [2.24, 2.45) is 10.8 Å². The van der Waals surface area contributed by atoms with Crippen molar-refractivity contribution in [1.29, 1.82) is 0 Å². The van der Waals surface area contributed by atoms with Gasteiger partial charge in [-0.05, 0) is 40.5 Å². The average molecular weight is 912 g/mol. The zero-order valence-corrected chi connectivity index (χ0v) is 41.2. The monoisotopic (exact) mass is 913 g/mol. The molecule has 0 aliphatic heterocycles. The van der Waals surface area contributed by atoms with Gasteiger partial charge in [0.05, 0.1) is 11.9 Å². The first-order valence-corrected chi connectivity index (χ1v) is 27.4. The molecular formula is C48H88O8Sn. The third-order valence-corrected chi connectivity index (χ3v) is 15.4. The van der Waals surface area contributed by atoms with Gasteiger partial charge in [0.15, 0.2) is 0 Å². The Morgan fingerprint density at radius 2 is 0.526 bits per heavy atom. The van der Waals surface area contributed by atoms with Crippen molar-refractivity contribution in [2.45, 2.75) is 257 Å². The van der Waals surface area contributed by atoms with Crippen molar-refractivity contribution in [2.75, 3.05) is 0 Å². The van der Waals surface area contributed by atoms with Gasteiger partial charge in [-0.15, -0.1) is 0 Å². The molecule has 0 heterocycles. The van der Waals surface area contributed by atoms with Crippen molar-refractivity contribution >= 4 is 56.2 Å². The normalized spacial score (nSPS) is 11.1. The van der Waals surface area contributed by atoms with Crippen molar-refractivity contribution in [3.05, 3.63) is 0 Å². The van der Waals surface area contributed by atoms with E-state index in [4.69, 9.17) is 0 Å².